The number of aliphatic hydroxyl groups is 1. The minimum atomic E-state index is -0.614. The van der Waals surface area contributed by atoms with E-state index in [1.165, 1.54) is 44.9 Å². The minimum absolute atomic E-state index is 0.0702. The highest BCUT2D eigenvalue weighted by molar-refractivity contribution is 5.85. The van der Waals surface area contributed by atoms with Gasteiger partial charge >= 0.3 is 5.97 Å². The van der Waals surface area contributed by atoms with Crippen LogP contribution in [0.15, 0.2) is 0 Å². The summed E-state index contributed by atoms with van der Waals surface area (Å²) in [6, 6.07) is -0.526. The molecule has 23 heavy (non-hydrogen) atoms. The van der Waals surface area contributed by atoms with E-state index in [2.05, 4.69) is 12.2 Å². The van der Waals surface area contributed by atoms with E-state index >= 15 is 0 Å². The SMILES string of the molecule is CCCCCCCCCCC[C@H](O)CC(=O)N[C@@H]1CCOC1=O. The number of carbonyl (C=O) groups excluding carboxylic acids is 2. The van der Waals surface area contributed by atoms with Gasteiger partial charge in [-0.05, 0) is 6.42 Å². The Balaban J connectivity index is 1.94. The lowest BCUT2D eigenvalue weighted by Crippen LogP contribution is -2.39. The van der Waals surface area contributed by atoms with Crippen molar-refractivity contribution in [1.29, 1.82) is 0 Å². The van der Waals surface area contributed by atoms with Gasteiger partial charge in [-0.3, -0.25) is 4.79 Å². The van der Waals surface area contributed by atoms with E-state index in [-0.39, 0.29) is 18.3 Å². The molecule has 1 fully saturated rings. The Bertz CT molecular complexity index is 346. The van der Waals surface area contributed by atoms with E-state index in [0.29, 0.717) is 19.4 Å². The first kappa shape index (κ1) is 19.9. The van der Waals surface area contributed by atoms with Crippen molar-refractivity contribution in [1.82, 2.24) is 5.32 Å². The zero-order chi connectivity index (χ0) is 16.9. The molecule has 1 amide bonds. The third kappa shape index (κ3) is 9.59. The van der Waals surface area contributed by atoms with Crippen LogP contribution in [0.4, 0.5) is 0 Å². The molecule has 1 heterocycles. The van der Waals surface area contributed by atoms with Crippen LogP contribution in [0.2, 0.25) is 0 Å². The van der Waals surface area contributed by atoms with Crippen molar-refractivity contribution < 1.29 is 19.4 Å². The maximum Gasteiger partial charge on any atom is 0.328 e. The Kier molecular flexibility index (Phi) is 10.7. The summed E-state index contributed by atoms with van der Waals surface area (Å²) in [6.07, 6.45) is 11.8. The molecule has 0 saturated carbocycles. The van der Waals surface area contributed by atoms with Crippen molar-refractivity contribution in [3.63, 3.8) is 0 Å². The number of hydrogen-bond donors (Lipinski definition) is 2. The first-order chi connectivity index (χ1) is 11.1. The fourth-order valence-corrected chi connectivity index (χ4v) is 2.89. The van der Waals surface area contributed by atoms with E-state index in [9.17, 15) is 14.7 Å². The summed E-state index contributed by atoms with van der Waals surface area (Å²) in [4.78, 5) is 23.0. The Labute approximate surface area is 140 Å². The molecule has 5 nitrogen and oxygen atoms in total. The maximum atomic E-state index is 11.7. The van der Waals surface area contributed by atoms with Crippen molar-refractivity contribution in [2.45, 2.75) is 96.1 Å². The van der Waals surface area contributed by atoms with E-state index in [4.69, 9.17) is 4.74 Å². The highest BCUT2D eigenvalue weighted by Gasteiger charge is 2.28. The maximum absolute atomic E-state index is 11.7. The van der Waals surface area contributed by atoms with Crippen molar-refractivity contribution in [2.75, 3.05) is 6.61 Å². The van der Waals surface area contributed by atoms with Gasteiger partial charge in [0.15, 0.2) is 0 Å². The number of esters is 1. The molecule has 0 aromatic rings. The van der Waals surface area contributed by atoms with Gasteiger partial charge < -0.3 is 15.2 Å². The first-order valence-corrected chi connectivity index (χ1v) is 9.27. The van der Waals surface area contributed by atoms with Crippen molar-refractivity contribution in [3.05, 3.63) is 0 Å². The van der Waals surface area contributed by atoms with E-state index in [1.807, 2.05) is 0 Å². The minimum Gasteiger partial charge on any atom is -0.464 e. The van der Waals surface area contributed by atoms with Crippen LogP contribution in [0, 0.1) is 0 Å². The second-order valence-electron chi connectivity index (χ2n) is 6.55. The number of cyclic esters (lactones) is 1. The molecule has 5 heteroatoms. The Morgan fingerprint density at radius 3 is 2.35 bits per heavy atom. The topological polar surface area (TPSA) is 75.6 Å². The molecule has 0 aromatic carbocycles. The molecule has 0 aromatic heterocycles. The highest BCUT2D eigenvalue weighted by Crippen LogP contribution is 2.13. The number of amides is 1. The van der Waals surface area contributed by atoms with E-state index in [0.717, 1.165) is 12.8 Å². The zero-order valence-electron chi connectivity index (χ0n) is 14.5. The van der Waals surface area contributed by atoms with Gasteiger partial charge in [-0.25, -0.2) is 4.79 Å². The van der Waals surface area contributed by atoms with Crippen LogP contribution in [-0.4, -0.2) is 35.7 Å². The largest absolute Gasteiger partial charge is 0.464 e. The monoisotopic (exact) mass is 327 g/mol. The second kappa shape index (κ2) is 12.3. The average Bonchev–Trinajstić information content (AvgIpc) is 2.90. The molecular formula is C18H33NO4. The van der Waals surface area contributed by atoms with Crippen LogP contribution in [-0.2, 0) is 14.3 Å². The molecule has 0 radical (unpaired) electrons. The molecule has 2 atom stereocenters. The van der Waals surface area contributed by atoms with Crippen LogP contribution < -0.4 is 5.32 Å². The zero-order valence-corrected chi connectivity index (χ0v) is 14.5. The molecule has 0 aliphatic carbocycles. The Morgan fingerprint density at radius 2 is 1.78 bits per heavy atom. The number of carbonyl (C=O) groups is 2. The summed E-state index contributed by atoms with van der Waals surface area (Å²) >= 11 is 0. The second-order valence-corrected chi connectivity index (χ2v) is 6.55. The first-order valence-electron chi connectivity index (χ1n) is 9.27. The van der Waals surface area contributed by atoms with Crippen LogP contribution >= 0.6 is 0 Å². The predicted molar refractivity (Wildman–Crippen MR) is 90.0 cm³/mol. The average molecular weight is 327 g/mol. The van der Waals surface area contributed by atoms with Crippen molar-refractivity contribution in [2.24, 2.45) is 0 Å². The van der Waals surface area contributed by atoms with E-state index in [1.54, 1.807) is 0 Å². The molecule has 0 unspecified atom stereocenters. The van der Waals surface area contributed by atoms with Crippen LogP contribution in [0.5, 0.6) is 0 Å². The summed E-state index contributed by atoms with van der Waals surface area (Å²) in [6.45, 7) is 2.59. The van der Waals surface area contributed by atoms with Gasteiger partial charge in [-0.15, -0.1) is 0 Å². The highest BCUT2D eigenvalue weighted by atomic mass is 16.5. The number of aliphatic hydroxyl groups excluding tert-OH is 1. The van der Waals surface area contributed by atoms with Gasteiger partial charge in [0.25, 0.3) is 0 Å². The lowest BCUT2D eigenvalue weighted by atomic mass is 10.0. The Morgan fingerprint density at radius 1 is 1.17 bits per heavy atom. The smallest absolute Gasteiger partial charge is 0.328 e. The molecule has 134 valence electrons. The summed E-state index contributed by atoms with van der Waals surface area (Å²) < 4.78 is 4.79. The molecule has 1 aliphatic heterocycles. The number of nitrogens with one attached hydrogen (secondary N) is 1. The van der Waals surface area contributed by atoms with Gasteiger partial charge in [0.05, 0.1) is 19.1 Å². The van der Waals surface area contributed by atoms with E-state index < -0.39 is 12.1 Å². The lowest BCUT2D eigenvalue weighted by molar-refractivity contribution is -0.141. The molecular weight excluding hydrogens is 294 g/mol. The predicted octanol–water partition coefficient (Wildman–Crippen LogP) is 3.09. The quantitative estimate of drug-likeness (QED) is 0.403. The van der Waals surface area contributed by atoms with Crippen LogP contribution in [0.1, 0.15) is 84.0 Å². The third-order valence-corrected chi connectivity index (χ3v) is 4.33. The molecule has 0 bridgehead atoms. The standard InChI is InChI=1S/C18H33NO4/c1-2-3-4-5-6-7-8-9-10-11-15(20)14-17(21)19-16-12-13-23-18(16)22/h15-16,20H,2-14H2,1H3,(H,19,21)/t15-,16+/m0/s1. The van der Waals surface area contributed by atoms with Crippen molar-refractivity contribution in [3.8, 4) is 0 Å². The van der Waals surface area contributed by atoms with Gasteiger partial charge in [-0.1, -0.05) is 64.7 Å². The molecule has 1 saturated heterocycles. The van der Waals surface area contributed by atoms with Gasteiger partial charge in [0, 0.05) is 6.42 Å². The van der Waals surface area contributed by atoms with Gasteiger partial charge in [-0.2, -0.15) is 0 Å². The number of rotatable bonds is 13. The summed E-state index contributed by atoms with van der Waals surface area (Å²) in [7, 11) is 0. The van der Waals surface area contributed by atoms with Crippen LogP contribution in [0.25, 0.3) is 0 Å². The summed E-state index contributed by atoms with van der Waals surface area (Å²) in [5, 5.41) is 12.5. The fourth-order valence-electron chi connectivity index (χ4n) is 2.89. The molecule has 0 spiro atoms. The fraction of sp³-hybridized carbons (Fsp3) is 0.889. The van der Waals surface area contributed by atoms with Crippen LogP contribution in [0.3, 0.4) is 0 Å². The molecule has 1 rings (SSSR count). The molecule has 2 N–H and O–H groups in total. The Hall–Kier alpha value is -1.10. The third-order valence-electron chi connectivity index (χ3n) is 4.33. The number of hydrogen-bond acceptors (Lipinski definition) is 4. The summed E-state index contributed by atoms with van der Waals surface area (Å²) in [5.74, 6) is -0.635. The molecule has 1 aliphatic rings. The van der Waals surface area contributed by atoms with Crippen molar-refractivity contribution >= 4 is 11.9 Å². The van der Waals surface area contributed by atoms with Gasteiger partial charge in [0.2, 0.25) is 5.91 Å². The number of unbranched alkanes of at least 4 members (excludes halogenated alkanes) is 8. The normalized spacial score (nSPS) is 18.7. The number of ether oxygens (including phenoxy) is 1. The summed E-state index contributed by atoms with van der Waals surface area (Å²) in [5.41, 5.74) is 0. The van der Waals surface area contributed by atoms with Gasteiger partial charge in [0.1, 0.15) is 6.04 Å². The lowest BCUT2D eigenvalue weighted by Gasteiger charge is -2.12.